The Morgan fingerprint density at radius 3 is 2.42 bits per heavy atom. The van der Waals surface area contributed by atoms with Crippen molar-refractivity contribution in [3.8, 4) is 11.5 Å². The average Bonchev–Trinajstić information content (AvgIpc) is 2.55. The van der Waals surface area contributed by atoms with Crippen molar-refractivity contribution in [3.05, 3.63) is 48.8 Å². The van der Waals surface area contributed by atoms with E-state index in [2.05, 4.69) is 27.1 Å². The van der Waals surface area contributed by atoms with Crippen molar-refractivity contribution in [2.24, 2.45) is 0 Å². The van der Waals surface area contributed by atoms with E-state index in [4.69, 9.17) is 19.0 Å². The van der Waals surface area contributed by atoms with Gasteiger partial charge in [-0.1, -0.05) is 0 Å². The fraction of sp³-hybridized carbons (Fsp3) is 0.0667. The maximum atomic E-state index is 9.15. The number of aromatic nitrogens is 2. The summed E-state index contributed by atoms with van der Waals surface area (Å²) in [7, 11) is 1.60. The van der Waals surface area contributed by atoms with E-state index >= 15 is 0 Å². The van der Waals surface area contributed by atoms with E-state index < -0.39 is 6.72 Å². The normalized spacial score (nSPS) is 11.3. The molecule has 3 rings (SSSR count). The lowest BCUT2D eigenvalue weighted by atomic mass is 10.2. The second-order valence-electron chi connectivity index (χ2n) is 4.84. The summed E-state index contributed by atoms with van der Waals surface area (Å²) in [4.78, 5) is 26.8. The molecule has 0 fully saturated rings. The molecule has 0 saturated heterocycles. The molecule has 124 valence electrons. The average molecular weight is 363 g/mol. The zero-order valence-electron chi connectivity index (χ0n) is 12.6. The molecule has 1 aromatic heterocycles. The van der Waals surface area contributed by atoms with Crippen LogP contribution >= 0.6 is 6.72 Å². The first-order valence-electron chi connectivity index (χ1n) is 6.85. The molecule has 0 atom stereocenters. The zero-order valence-corrected chi connectivity index (χ0v) is 14.3. The largest absolute Gasteiger partial charge is 0.497 e. The molecule has 0 bridgehead atoms. The summed E-state index contributed by atoms with van der Waals surface area (Å²) in [6.45, 7) is -3.73. The molecular formula is C15H14N3O4PS. The molecule has 1 heterocycles. The highest BCUT2D eigenvalue weighted by Crippen LogP contribution is 2.38. The molecule has 0 radical (unpaired) electrons. The summed E-state index contributed by atoms with van der Waals surface area (Å²) in [6, 6.07) is 12.2. The van der Waals surface area contributed by atoms with Crippen LogP contribution in [0.3, 0.4) is 0 Å². The Morgan fingerprint density at radius 2 is 1.75 bits per heavy atom. The molecule has 3 N–H and O–H groups in total. The van der Waals surface area contributed by atoms with Gasteiger partial charge in [0, 0.05) is 28.9 Å². The highest BCUT2D eigenvalue weighted by Gasteiger charge is 2.10. The Kier molecular flexibility index (Phi) is 4.64. The molecule has 0 aliphatic carbocycles. The van der Waals surface area contributed by atoms with Crippen LogP contribution in [0.15, 0.2) is 48.8 Å². The van der Waals surface area contributed by atoms with Gasteiger partial charge >= 0.3 is 6.72 Å². The third kappa shape index (κ3) is 3.98. The van der Waals surface area contributed by atoms with Crippen LogP contribution in [0.2, 0.25) is 0 Å². The summed E-state index contributed by atoms with van der Waals surface area (Å²) >= 11 is 4.44. The van der Waals surface area contributed by atoms with E-state index in [0.29, 0.717) is 5.82 Å². The van der Waals surface area contributed by atoms with Crippen LogP contribution in [0.5, 0.6) is 11.5 Å². The third-order valence-electron chi connectivity index (χ3n) is 3.19. The fourth-order valence-corrected chi connectivity index (χ4v) is 2.79. The number of nitrogens with one attached hydrogen (secondary N) is 1. The number of nitrogens with zero attached hydrogens (tertiary/aromatic N) is 2. The van der Waals surface area contributed by atoms with Crippen molar-refractivity contribution in [1.82, 2.24) is 9.97 Å². The Bertz CT molecular complexity index is 914. The summed E-state index contributed by atoms with van der Waals surface area (Å²) in [5, 5.41) is 4.03. The maximum absolute atomic E-state index is 9.15. The Labute approximate surface area is 143 Å². The van der Waals surface area contributed by atoms with Crippen LogP contribution in [0.1, 0.15) is 0 Å². The van der Waals surface area contributed by atoms with Crippen molar-refractivity contribution in [2.75, 3.05) is 12.4 Å². The van der Waals surface area contributed by atoms with Crippen molar-refractivity contribution >= 4 is 40.9 Å². The first-order valence-corrected chi connectivity index (χ1v) is 9.48. The first kappa shape index (κ1) is 16.6. The van der Waals surface area contributed by atoms with Crippen LogP contribution in [0.25, 0.3) is 10.9 Å². The molecule has 9 heteroatoms. The van der Waals surface area contributed by atoms with Gasteiger partial charge in [-0.15, -0.1) is 0 Å². The van der Waals surface area contributed by atoms with Crippen molar-refractivity contribution in [2.45, 2.75) is 0 Å². The zero-order chi connectivity index (χ0) is 17.2. The predicted octanol–water partition coefficient (Wildman–Crippen LogP) is 2.97. The van der Waals surface area contributed by atoms with E-state index in [0.717, 1.165) is 22.3 Å². The molecule has 0 saturated carbocycles. The van der Waals surface area contributed by atoms with Gasteiger partial charge in [0.2, 0.25) is 0 Å². The van der Waals surface area contributed by atoms with E-state index in [9.17, 15) is 0 Å². The van der Waals surface area contributed by atoms with Crippen molar-refractivity contribution in [3.63, 3.8) is 0 Å². The quantitative estimate of drug-likeness (QED) is 0.596. The molecule has 24 heavy (non-hydrogen) atoms. The van der Waals surface area contributed by atoms with E-state index in [1.54, 1.807) is 31.4 Å². The minimum atomic E-state index is -3.73. The second-order valence-corrected chi connectivity index (χ2v) is 7.43. The molecule has 0 unspecified atom stereocenters. The third-order valence-corrected chi connectivity index (χ3v) is 3.86. The van der Waals surface area contributed by atoms with Gasteiger partial charge in [0.1, 0.15) is 23.6 Å². The van der Waals surface area contributed by atoms with Gasteiger partial charge in [0.15, 0.2) is 0 Å². The Balaban J connectivity index is 1.86. The molecule has 7 nitrogen and oxygen atoms in total. The van der Waals surface area contributed by atoms with Crippen LogP contribution in [0, 0.1) is 0 Å². The summed E-state index contributed by atoms with van der Waals surface area (Å²) in [6.07, 6.45) is 1.47. The lowest BCUT2D eigenvalue weighted by Gasteiger charge is -2.12. The highest BCUT2D eigenvalue weighted by atomic mass is 32.5. The standard InChI is InChI=1S/C15H14N3O4PS/c1-21-12-6-7-13-14(8-12)16-9-17-15(13)18-10-2-4-11(5-3-10)22-23(19,20)24/h2-9H,1H3,(H,16,17,18)(H2,19,20,24). The number of anilines is 2. The summed E-state index contributed by atoms with van der Waals surface area (Å²) in [5.41, 5.74) is 1.51. The molecule has 0 aliphatic rings. The van der Waals surface area contributed by atoms with Gasteiger partial charge in [-0.2, -0.15) is 0 Å². The highest BCUT2D eigenvalue weighted by molar-refractivity contribution is 8.06. The Hall–Kier alpha value is -2.25. The minimum Gasteiger partial charge on any atom is -0.497 e. The number of benzene rings is 2. The lowest BCUT2D eigenvalue weighted by molar-refractivity contribution is 0.370. The van der Waals surface area contributed by atoms with E-state index in [1.807, 2.05) is 18.2 Å². The monoisotopic (exact) mass is 363 g/mol. The first-order chi connectivity index (χ1) is 11.4. The fourth-order valence-electron chi connectivity index (χ4n) is 2.14. The van der Waals surface area contributed by atoms with Gasteiger partial charge in [-0.05, 0) is 36.4 Å². The molecule has 2 aromatic carbocycles. The van der Waals surface area contributed by atoms with Gasteiger partial charge in [0.25, 0.3) is 0 Å². The number of hydrogen-bond donors (Lipinski definition) is 3. The summed E-state index contributed by atoms with van der Waals surface area (Å²) < 4.78 is 10.1. The van der Waals surface area contributed by atoms with Crippen molar-refractivity contribution < 1.29 is 19.0 Å². The topological polar surface area (TPSA) is 96.7 Å². The number of methoxy groups -OCH3 is 1. The Morgan fingerprint density at radius 1 is 1.04 bits per heavy atom. The number of hydrogen-bond acceptors (Lipinski definition) is 6. The smallest absolute Gasteiger partial charge is 0.375 e. The SMILES string of the molecule is COc1ccc2c(Nc3ccc(OP(O)(O)=S)cc3)ncnc2c1. The van der Waals surface area contributed by atoms with Crippen LogP contribution in [0.4, 0.5) is 11.5 Å². The molecule has 0 amide bonds. The molecule has 0 spiro atoms. The second kappa shape index (κ2) is 6.70. The van der Waals surface area contributed by atoms with Crippen LogP contribution in [-0.4, -0.2) is 26.9 Å². The lowest BCUT2D eigenvalue weighted by Crippen LogP contribution is -1.96. The van der Waals surface area contributed by atoms with E-state index in [-0.39, 0.29) is 5.75 Å². The number of ether oxygens (including phenoxy) is 1. The van der Waals surface area contributed by atoms with Crippen LogP contribution in [-0.2, 0) is 11.8 Å². The molecular weight excluding hydrogens is 349 g/mol. The molecule has 3 aromatic rings. The van der Waals surface area contributed by atoms with Gasteiger partial charge in [-0.25, -0.2) is 9.97 Å². The van der Waals surface area contributed by atoms with Gasteiger partial charge in [0.05, 0.1) is 12.6 Å². The van der Waals surface area contributed by atoms with Gasteiger partial charge < -0.3 is 24.4 Å². The predicted molar refractivity (Wildman–Crippen MR) is 95.2 cm³/mol. The molecule has 0 aliphatic heterocycles. The van der Waals surface area contributed by atoms with Crippen molar-refractivity contribution in [1.29, 1.82) is 0 Å². The summed E-state index contributed by atoms with van der Waals surface area (Å²) in [5.74, 6) is 1.65. The van der Waals surface area contributed by atoms with Gasteiger partial charge in [-0.3, -0.25) is 0 Å². The number of rotatable bonds is 5. The number of fused-ring (bicyclic) bond motifs is 1. The van der Waals surface area contributed by atoms with E-state index in [1.165, 1.54) is 6.33 Å². The van der Waals surface area contributed by atoms with Crippen LogP contribution < -0.4 is 14.6 Å². The minimum absolute atomic E-state index is 0.283. The maximum Gasteiger partial charge on any atom is 0.375 e.